The van der Waals surface area contributed by atoms with Crippen molar-refractivity contribution in [3.8, 4) is 0 Å². The molecular formula is C75H122O39. The quantitative estimate of drug-likeness (QED) is 0.0306. The standard InChI is InChI=1S/C75H122O39/c1-27-39(83)44(88)47(91)62(102-27)108-53-34(82)23-100-61(49(53)93)107-52-29(3)104-64(51(95)56(52)110-60-46(90)41(85)33(81)22-99-60)112-57-55(111-67-58(96)75(98,25-79)26-101-67)40(84)28(2)103-66(57)114-68(97)74-16-14-69(4,5)18-31(74)30-10-11-38-70(6)19-32(80)59(71(7,24-78)37(70)12-13-73(38,9)72(30,8)15-17-74)113-65-50(94)54(43(87)36(21-77)106-65)109-63-48(92)45(89)42(86)35(20-76)105-63/h10,27-29,31-67,76-96,98H,11-26H2,1-9H3/t27-,28+,29-,31+,32-,33+,34+,35+,36+,37+,38+,39-,40+,41-,42+,43+,44+,45-,46+,47+,48+,49+,50+,51+,52-,53-,54-,55-,56-,57+,58-,59-,60-,61-,62-,63-,64-,65-,66-,67-,70-,71-,72+,73+,74-,75+/m0/s1. The van der Waals surface area contributed by atoms with E-state index in [1.165, 1.54) is 20.8 Å². The molecule has 46 atom stereocenters. The molecule has 5 aliphatic carbocycles. The van der Waals surface area contributed by atoms with Crippen LogP contribution in [0.4, 0.5) is 0 Å². The van der Waals surface area contributed by atoms with Gasteiger partial charge in [0.2, 0.25) is 6.29 Å². The second kappa shape index (κ2) is 33.8. The Morgan fingerprint density at radius 2 is 0.947 bits per heavy atom. The number of hydrogen-bond donors (Lipinski definition) is 22. The highest BCUT2D eigenvalue weighted by atomic mass is 16.8. The van der Waals surface area contributed by atoms with Crippen molar-refractivity contribution in [2.45, 2.75) is 353 Å². The number of allylic oxidation sites excluding steroid dienone is 2. The van der Waals surface area contributed by atoms with Crippen LogP contribution in [0, 0.1) is 50.2 Å². The molecule has 656 valence electrons. The summed E-state index contributed by atoms with van der Waals surface area (Å²) in [6.07, 6.45) is -58.7. The summed E-state index contributed by atoms with van der Waals surface area (Å²) >= 11 is 0. The Balaban J connectivity index is 0.779. The lowest BCUT2D eigenvalue weighted by Gasteiger charge is -2.72. The Kier molecular flexibility index (Phi) is 26.5. The Hall–Kier alpha value is -2.27. The maximum Gasteiger partial charge on any atom is 0.315 e. The van der Waals surface area contributed by atoms with Crippen molar-refractivity contribution in [1.29, 1.82) is 0 Å². The smallest absolute Gasteiger partial charge is 0.315 e. The molecule has 22 N–H and O–H groups in total. The van der Waals surface area contributed by atoms with Gasteiger partial charge in [-0.3, -0.25) is 4.79 Å². The van der Waals surface area contributed by atoms with E-state index in [0.29, 0.717) is 44.9 Å². The number of rotatable bonds is 20. The first-order valence-electron chi connectivity index (χ1n) is 39.9. The average Bonchev–Trinajstić information content (AvgIpc) is 0.715. The van der Waals surface area contributed by atoms with E-state index in [0.717, 1.165) is 5.57 Å². The number of aliphatic hydroxyl groups is 22. The maximum absolute atomic E-state index is 16.3. The summed E-state index contributed by atoms with van der Waals surface area (Å²) in [5.74, 6) is -1.83. The Morgan fingerprint density at radius 1 is 0.439 bits per heavy atom. The highest BCUT2D eigenvalue weighted by molar-refractivity contribution is 5.79. The SMILES string of the molecule is C[C@@H]1O[C@@H](O[C@@H]2[C@@H](O)[C@H](O[C@@H]3[C@@H](O[C@@H]4OC[C@@H](O)[C@H](O)[C@H]4O)[C@@H](O)[C@H](O[C@H]4[C@H](OC(=O)[C@]56CCC(C)(C)C[C@@H]5C5=CC[C@@H]7[C@@]8(C)C[C@H](O)[C@H](O[C@@H]9O[C@H](CO)[C@@H](O)[C@H](O[C@@H]%10O[C@H](CO)[C@@H](O)[C@H](O)[C@H]%10O)[C@H]9O)[C@@](C)(CO)[C@@H]8CC[C@@]7(C)[C@]5(C)CC6)O[C@H](C)[C@@H](O)[C@@H]4O[C@@H]4OC[C@](O)(CO)[C@H]4O)O[C@H]3C)OC[C@H]2O)[C@H](O)[C@H](O)[C@H]1O. The third-order valence-corrected chi connectivity index (χ3v) is 28.8. The van der Waals surface area contributed by atoms with Gasteiger partial charge in [-0.05, 0) is 118 Å². The number of esters is 1. The third kappa shape index (κ3) is 15.5. The molecule has 8 aliphatic heterocycles. The summed E-state index contributed by atoms with van der Waals surface area (Å²) in [4.78, 5) is 16.3. The summed E-state index contributed by atoms with van der Waals surface area (Å²) in [6.45, 7) is 11.7. The molecule has 0 radical (unpaired) electrons. The largest absolute Gasteiger partial charge is 0.432 e. The highest BCUT2D eigenvalue weighted by Gasteiger charge is 2.73. The molecule has 0 amide bonds. The van der Waals surface area contributed by atoms with Gasteiger partial charge in [0.1, 0.15) is 146 Å². The molecule has 0 aromatic carbocycles. The van der Waals surface area contributed by atoms with Crippen LogP contribution in [0.25, 0.3) is 0 Å². The van der Waals surface area contributed by atoms with Gasteiger partial charge in [0.05, 0.1) is 82.2 Å². The Labute approximate surface area is 657 Å². The van der Waals surface area contributed by atoms with E-state index in [1.807, 2.05) is 0 Å². The number of fused-ring (bicyclic) bond motifs is 7. The highest BCUT2D eigenvalue weighted by Crippen LogP contribution is 2.76. The summed E-state index contributed by atoms with van der Waals surface area (Å²) in [6, 6.07) is 0. The van der Waals surface area contributed by atoms with Gasteiger partial charge in [-0.1, -0.05) is 53.2 Å². The second-order valence-electron chi connectivity index (χ2n) is 36.3. The number of carbonyl (C=O) groups is 1. The van der Waals surface area contributed by atoms with Crippen LogP contribution in [0.1, 0.15) is 120 Å². The second-order valence-corrected chi connectivity index (χ2v) is 36.3. The van der Waals surface area contributed by atoms with E-state index in [-0.39, 0.29) is 30.1 Å². The van der Waals surface area contributed by atoms with Crippen molar-refractivity contribution in [1.82, 2.24) is 0 Å². The normalized spacial score (nSPS) is 55.7. The lowest BCUT2D eigenvalue weighted by atomic mass is 9.33. The van der Waals surface area contributed by atoms with Crippen molar-refractivity contribution in [3.05, 3.63) is 11.6 Å². The van der Waals surface area contributed by atoms with Gasteiger partial charge in [0, 0.05) is 5.41 Å². The molecule has 0 aromatic heterocycles. The molecule has 114 heavy (non-hydrogen) atoms. The number of aliphatic hydroxyl groups excluding tert-OH is 21. The summed E-state index contributed by atoms with van der Waals surface area (Å²) < 4.78 is 97.8. The molecular weight excluding hydrogens is 1520 g/mol. The number of ether oxygens (including phenoxy) is 16. The van der Waals surface area contributed by atoms with Crippen LogP contribution < -0.4 is 0 Å². The third-order valence-electron chi connectivity index (χ3n) is 28.8. The molecule has 39 nitrogen and oxygen atoms in total. The van der Waals surface area contributed by atoms with E-state index in [2.05, 4.69) is 40.7 Å². The lowest BCUT2D eigenvalue weighted by molar-refractivity contribution is -0.399. The topological polar surface area (TPSA) is 610 Å². The molecule has 0 bridgehead atoms. The molecule has 0 unspecified atom stereocenters. The molecule has 4 saturated carbocycles. The van der Waals surface area contributed by atoms with Gasteiger partial charge < -0.3 is 188 Å². The first-order chi connectivity index (χ1) is 53.5. The minimum absolute atomic E-state index is 0.115. The van der Waals surface area contributed by atoms with Gasteiger partial charge in [0.25, 0.3) is 0 Å². The van der Waals surface area contributed by atoms with Crippen LogP contribution >= 0.6 is 0 Å². The maximum atomic E-state index is 16.3. The Morgan fingerprint density at radius 3 is 1.60 bits per heavy atom. The molecule has 8 heterocycles. The van der Waals surface area contributed by atoms with Crippen molar-refractivity contribution in [2.24, 2.45) is 50.2 Å². The predicted octanol–water partition coefficient (Wildman–Crippen LogP) is -7.79. The Bertz CT molecular complexity index is 3290. The van der Waals surface area contributed by atoms with E-state index in [4.69, 9.17) is 75.8 Å². The molecule has 13 rings (SSSR count). The first kappa shape index (κ1) is 89.5. The van der Waals surface area contributed by atoms with Gasteiger partial charge in [-0.15, -0.1) is 0 Å². The number of carbonyl (C=O) groups excluding carboxylic acids is 1. The molecule has 13 aliphatic rings. The van der Waals surface area contributed by atoms with Crippen LogP contribution in [-0.4, -0.2) is 397 Å². The zero-order chi connectivity index (χ0) is 83.1. The summed E-state index contributed by atoms with van der Waals surface area (Å²) in [5.41, 5.74) is -6.18. The van der Waals surface area contributed by atoms with E-state index in [9.17, 15) is 112 Å². The van der Waals surface area contributed by atoms with Crippen molar-refractivity contribution < 1.29 is 193 Å². The van der Waals surface area contributed by atoms with E-state index >= 15 is 4.79 Å². The van der Waals surface area contributed by atoms with Gasteiger partial charge in [-0.25, -0.2) is 0 Å². The molecule has 0 spiro atoms. The lowest BCUT2D eigenvalue weighted by Crippen LogP contribution is -2.70. The average molecular weight is 1650 g/mol. The molecule has 12 fully saturated rings. The van der Waals surface area contributed by atoms with E-state index < -0.39 is 318 Å². The van der Waals surface area contributed by atoms with Crippen molar-refractivity contribution in [3.63, 3.8) is 0 Å². The predicted molar refractivity (Wildman–Crippen MR) is 374 cm³/mol. The van der Waals surface area contributed by atoms with Crippen molar-refractivity contribution in [2.75, 3.05) is 46.2 Å². The zero-order valence-corrected chi connectivity index (χ0v) is 65.3. The summed E-state index contributed by atoms with van der Waals surface area (Å²) in [5, 5.41) is 245. The first-order valence-corrected chi connectivity index (χ1v) is 39.9. The monoisotopic (exact) mass is 1650 g/mol. The van der Waals surface area contributed by atoms with Gasteiger partial charge in [-0.2, -0.15) is 0 Å². The van der Waals surface area contributed by atoms with Gasteiger partial charge in [0.15, 0.2) is 50.1 Å². The fraction of sp³-hybridized carbons (Fsp3) is 0.960. The van der Waals surface area contributed by atoms with E-state index in [1.54, 1.807) is 6.92 Å². The molecule has 39 heteroatoms. The fourth-order valence-electron chi connectivity index (χ4n) is 21.6. The van der Waals surface area contributed by atoms with Crippen LogP contribution in [-0.2, 0) is 80.6 Å². The zero-order valence-electron chi connectivity index (χ0n) is 65.3. The number of hydrogen-bond acceptors (Lipinski definition) is 39. The van der Waals surface area contributed by atoms with Crippen LogP contribution in [0.3, 0.4) is 0 Å². The van der Waals surface area contributed by atoms with Crippen LogP contribution in [0.5, 0.6) is 0 Å². The van der Waals surface area contributed by atoms with Crippen LogP contribution in [0.15, 0.2) is 11.6 Å². The minimum atomic E-state index is -2.28. The summed E-state index contributed by atoms with van der Waals surface area (Å²) in [7, 11) is 0. The molecule has 8 saturated heterocycles. The minimum Gasteiger partial charge on any atom is -0.432 e. The van der Waals surface area contributed by atoms with Crippen molar-refractivity contribution >= 4 is 5.97 Å². The van der Waals surface area contributed by atoms with Gasteiger partial charge >= 0.3 is 5.97 Å². The molecule has 0 aromatic rings. The fourth-order valence-corrected chi connectivity index (χ4v) is 21.6. The van der Waals surface area contributed by atoms with Crippen LogP contribution in [0.2, 0.25) is 0 Å².